The second-order valence-electron chi connectivity index (χ2n) is 9.11. The van der Waals surface area contributed by atoms with Gasteiger partial charge in [0.25, 0.3) is 11.5 Å². The fourth-order valence-corrected chi connectivity index (χ4v) is 5.71. The van der Waals surface area contributed by atoms with Gasteiger partial charge in [0.2, 0.25) is 0 Å². The quantitative estimate of drug-likeness (QED) is 0.559. The molecular formula is C26H23ClN4O2. The Kier molecular flexibility index (Phi) is 4.93. The van der Waals surface area contributed by atoms with Crippen molar-refractivity contribution in [3.8, 4) is 0 Å². The fraction of sp³-hybridized carbons (Fsp3) is 0.269. The van der Waals surface area contributed by atoms with Crippen molar-refractivity contribution in [2.24, 2.45) is 5.92 Å². The number of halogens is 1. The second-order valence-corrected chi connectivity index (χ2v) is 9.55. The minimum atomic E-state index is -0.0246. The van der Waals surface area contributed by atoms with Gasteiger partial charge in [-0.05, 0) is 48.2 Å². The SMILES string of the molecule is O=C1C(=Cc2cccnc2)c2ccc(Cl)cc2N1CN1CC2CC(C1)c1cccc(=O)n1C2. The summed E-state index contributed by atoms with van der Waals surface area (Å²) in [5.74, 6) is 0.676. The molecule has 1 fully saturated rings. The fourth-order valence-electron chi connectivity index (χ4n) is 5.54. The van der Waals surface area contributed by atoms with Gasteiger partial charge < -0.3 is 4.57 Å². The van der Waals surface area contributed by atoms with Gasteiger partial charge in [-0.1, -0.05) is 29.8 Å². The zero-order chi connectivity index (χ0) is 22.5. The Morgan fingerprint density at radius 2 is 1.97 bits per heavy atom. The molecule has 2 unspecified atom stereocenters. The van der Waals surface area contributed by atoms with Crippen molar-refractivity contribution < 1.29 is 4.79 Å². The number of piperidine rings is 1. The standard InChI is InChI=1S/C26H23ClN4O2/c27-20-6-7-21-22(10-17-3-2-8-28-12-17)26(33)31(24(21)11-20)16-29-13-18-9-19(15-29)23-4-1-5-25(32)30(23)14-18/h1-8,10-12,18-19H,9,13-16H2. The average molecular weight is 459 g/mol. The van der Waals surface area contributed by atoms with E-state index in [0.717, 1.165) is 48.6 Å². The Hall–Kier alpha value is -3.22. The van der Waals surface area contributed by atoms with Crippen LogP contribution in [0.5, 0.6) is 0 Å². The number of benzene rings is 1. The maximum Gasteiger partial charge on any atom is 0.260 e. The molecule has 7 heteroatoms. The first-order valence-electron chi connectivity index (χ1n) is 11.2. The Morgan fingerprint density at radius 1 is 1.06 bits per heavy atom. The Balaban J connectivity index is 1.31. The number of anilines is 1. The second kappa shape index (κ2) is 7.97. The molecule has 3 aliphatic rings. The van der Waals surface area contributed by atoms with Gasteiger partial charge in [-0.2, -0.15) is 0 Å². The van der Waals surface area contributed by atoms with Crippen molar-refractivity contribution in [2.75, 3.05) is 24.7 Å². The van der Waals surface area contributed by atoms with E-state index >= 15 is 0 Å². The molecular weight excluding hydrogens is 436 g/mol. The highest BCUT2D eigenvalue weighted by molar-refractivity contribution is 6.37. The van der Waals surface area contributed by atoms with Crippen LogP contribution in [0, 0.1) is 5.92 Å². The van der Waals surface area contributed by atoms with E-state index in [0.29, 0.717) is 29.1 Å². The Bertz CT molecular complexity index is 1330. The summed E-state index contributed by atoms with van der Waals surface area (Å²) in [5, 5.41) is 0.609. The predicted octanol–water partition coefficient (Wildman–Crippen LogP) is 3.86. The van der Waals surface area contributed by atoms with Crippen molar-refractivity contribution in [3.63, 3.8) is 0 Å². The van der Waals surface area contributed by atoms with Gasteiger partial charge in [-0.15, -0.1) is 0 Å². The molecule has 1 saturated heterocycles. The van der Waals surface area contributed by atoms with Gasteiger partial charge in [-0.25, -0.2) is 0 Å². The molecule has 0 radical (unpaired) electrons. The van der Waals surface area contributed by atoms with Crippen molar-refractivity contribution in [2.45, 2.75) is 18.9 Å². The summed E-state index contributed by atoms with van der Waals surface area (Å²) >= 11 is 6.32. The minimum Gasteiger partial charge on any atom is -0.312 e. The van der Waals surface area contributed by atoms with E-state index in [1.165, 1.54) is 0 Å². The minimum absolute atomic E-state index is 0.0246. The molecule has 2 aromatic heterocycles. The highest BCUT2D eigenvalue weighted by Gasteiger charge is 2.38. The molecule has 3 aromatic rings. The van der Waals surface area contributed by atoms with Crippen LogP contribution in [0.3, 0.4) is 0 Å². The number of fused-ring (bicyclic) bond motifs is 5. The molecule has 5 heterocycles. The summed E-state index contributed by atoms with van der Waals surface area (Å²) in [7, 11) is 0. The van der Waals surface area contributed by atoms with Crippen LogP contribution in [0.15, 0.2) is 65.7 Å². The van der Waals surface area contributed by atoms with Crippen LogP contribution in [-0.2, 0) is 11.3 Å². The molecule has 1 amide bonds. The van der Waals surface area contributed by atoms with Gasteiger partial charge in [0.05, 0.1) is 12.4 Å². The highest BCUT2D eigenvalue weighted by Crippen LogP contribution is 2.41. The topological polar surface area (TPSA) is 58.4 Å². The van der Waals surface area contributed by atoms with E-state index in [4.69, 9.17) is 11.6 Å². The largest absolute Gasteiger partial charge is 0.312 e. The lowest BCUT2D eigenvalue weighted by molar-refractivity contribution is -0.113. The zero-order valence-electron chi connectivity index (χ0n) is 18.0. The molecule has 166 valence electrons. The summed E-state index contributed by atoms with van der Waals surface area (Å²) in [6.07, 6.45) is 6.46. The Labute approximate surface area is 196 Å². The number of amides is 1. The van der Waals surface area contributed by atoms with Crippen LogP contribution in [0.25, 0.3) is 11.6 Å². The number of carbonyl (C=O) groups is 1. The van der Waals surface area contributed by atoms with E-state index in [1.54, 1.807) is 18.5 Å². The zero-order valence-corrected chi connectivity index (χ0v) is 18.8. The summed E-state index contributed by atoms with van der Waals surface area (Å²) in [5.41, 5.74) is 4.47. The first-order chi connectivity index (χ1) is 16.1. The number of likely N-dealkylation sites (tertiary alicyclic amines) is 1. The number of rotatable bonds is 3. The number of pyridine rings is 2. The summed E-state index contributed by atoms with van der Waals surface area (Å²) in [4.78, 5) is 34.2. The summed E-state index contributed by atoms with van der Waals surface area (Å²) in [6, 6.07) is 15.0. The van der Waals surface area contributed by atoms with Crippen LogP contribution in [-0.4, -0.2) is 40.1 Å². The lowest BCUT2D eigenvalue weighted by Crippen LogP contribution is -2.50. The number of carbonyl (C=O) groups excluding carboxylic acids is 1. The molecule has 33 heavy (non-hydrogen) atoms. The molecule has 3 aliphatic heterocycles. The molecule has 6 nitrogen and oxygen atoms in total. The average Bonchev–Trinajstić information content (AvgIpc) is 3.06. The number of nitrogens with zero attached hydrogens (tertiary/aromatic N) is 4. The van der Waals surface area contributed by atoms with Gasteiger partial charge in [0, 0.05) is 65.9 Å². The van der Waals surface area contributed by atoms with Gasteiger partial charge in [0.15, 0.2) is 0 Å². The van der Waals surface area contributed by atoms with Crippen molar-refractivity contribution in [3.05, 3.63) is 93.1 Å². The maximum atomic E-state index is 13.6. The third-order valence-corrected chi connectivity index (χ3v) is 7.14. The Morgan fingerprint density at radius 3 is 2.82 bits per heavy atom. The normalized spacial score (nSPS) is 23.0. The van der Waals surface area contributed by atoms with E-state index in [9.17, 15) is 9.59 Å². The first-order valence-corrected chi connectivity index (χ1v) is 11.6. The van der Waals surface area contributed by atoms with Crippen molar-refractivity contribution in [1.82, 2.24) is 14.5 Å². The smallest absolute Gasteiger partial charge is 0.260 e. The summed E-state index contributed by atoms with van der Waals surface area (Å²) in [6.45, 7) is 2.92. The van der Waals surface area contributed by atoms with Crippen LogP contribution in [0.4, 0.5) is 5.69 Å². The molecule has 2 atom stereocenters. The molecule has 1 aromatic carbocycles. The number of aromatic nitrogens is 2. The molecule has 2 bridgehead atoms. The predicted molar refractivity (Wildman–Crippen MR) is 129 cm³/mol. The first kappa shape index (κ1) is 20.4. The van der Waals surface area contributed by atoms with Crippen molar-refractivity contribution in [1.29, 1.82) is 0 Å². The van der Waals surface area contributed by atoms with Crippen LogP contribution < -0.4 is 10.5 Å². The van der Waals surface area contributed by atoms with Crippen LogP contribution >= 0.6 is 11.6 Å². The third-order valence-electron chi connectivity index (χ3n) is 6.91. The number of hydrogen-bond acceptors (Lipinski definition) is 4. The summed E-state index contributed by atoms with van der Waals surface area (Å²) < 4.78 is 1.93. The van der Waals surface area contributed by atoms with E-state index < -0.39 is 0 Å². The highest BCUT2D eigenvalue weighted by atomic mass is 35.5. The van der Waals surface area contributed by atoms with E-state index in [1.807, 2.05) is 51.9 Å². The van der Waals surface area contributed by atoms with Crippen molar-refractivity contribution >= 4 is 34.8 Å². The number of hydrogen-bond donors (Lipinski definition) is 0. The molecule has 6 rings (SSSR count). The van der Waals surface area contributed by atoms with E-state index in [-0.39, 0.29) is 11.5 Å². The van der Waals surface area contributed by atoms with Gasteiger partial charge >= 0.3 is 0 Å². The van der Waals surface area contributed by atoms with Gasteiger partial charge in [0.1, 0.15) is 0 Å². The van der Waals surface area contributed by atoms with Crippen LogP contribution in [0.1, 0.15) is 29.2 Å². The molecule has 0 saturated carbocycles. The molecule has 0 spiro atoms. The monoisotopic (exact) mass is 458 g/mol. The lowest BCUT2D eigenvalue weighted by Gasteiger charge is -2.43. The van der Waals surface area contributed by atoms with Crippen LogP contribution in [0.2, 0.25) is 5.02 Å². The van der Waals surface area contributed by atoms with Gasteiger partial charge in [-0.3, -0.25) is 24.4 Å². The molecule has 0 aliphatic carbocycles. The third kappa shape index (κ3) is 3.59. The molecule has 0 N–H and O–H groups in total. The maximum absolute atomic E-state index is 13.6. The van der Waals surface area contributed by atoms with E-state index in [2.05, 4.69) is 16.0 Å². The lowest BCUT2D eigenvalue weighted by atomic mass is 9.83.